The van der Waals surface area contributed by atoms with Crippen molar-refractivity contribution in [2.75, 3.05) is 20.3 Å². The van der Waals surface area contributed by atoms with E-state index in [9.17, 15) is 9.59 Å². The summed E-state index contributed by atoms with van der Waals surface area (Å²) in [6.07, 6.45) is 7.70. The number of imidazole rings is 1. The number of benzene rings is 1. The summed E-state index contributed by atoms with van der Waals surface area (Å²) in [6.45, 7) is 5.37. The van der Waals surface area contributed by atoms with Crippen LogP contribution in [0.3, 0.4) is 0 Å². The summed E-state index contributed by atoms with van der Waals surface area (Å²) < 4.78 is 17.0. The van der Waals surface area contributed by atoms with Gasteiger partial charge in [0.1, 0.15) is 11.6 Å². The number of aryl methyl sites for hydroxylation is 1. The molecule has 1 aliphatic rings. The first-order valence-electron chi connectivity index (χ1n) is 12.7. The zero-order valence-corrected chi connectivity index (χ0v) is 21.3. The van der Waals surface area contributed by atoms with Crippen LogP contribution in [0.25, 0.3) is 10.9 Å². The van der Waals surface area contributed by atoms with Gasteiger partial charge in [0.05, 0.1) is 44.7 Å². The van der Waals surface area contributed by atoms with Crippen LogP contribution in [-0.2, 0) is 20.7 Å². The minimum atomic E-state index is -0.437. The molecule has 3 N–H and O–H groups in total. The van der Waals surface area contributed by atoms with Crippen LogP contribution in [-0.4, -0.2) is 53.3 Å². The molecule has 9 nitrogen and oxygen atoms in total. The van der Waals surface area contributed by atoms with Gasteiger partial charge in [-0.3, -0.25) is 9.59 Å². The van der Waals surface area contributed by atoms with Crippen LogP contribution in [0, 0.1) is 6.92 Å². The third-order valence-electron chi connectivity index (χ3n) is 6.97. The molecule has 1 unspecified atom stereocenters. The lowest BCUT2D eigenvalue weighted by Gasteiger charge is -2.25. The fourth-order valence-corrected chi connectivity index (χ4v) is 4.93. The van der Waals surface area contributed by atoms with Crippen molar-refractivity contribution in [1.82, 2.24) is 20.3 Å². The van der Waals surface area contributed by atoms with Crippen molar-refractivity contribution in [3.8, 4) is 5.75 Å². The van der Waals surface area contributed by atoms with Crippen LogP contribution in [0.15, 0.2) is 24.4 Å². The van der Waals surface area contributed by atoms with Crippen molar-refractivity contribution in [2.24, 2.45) is 0 Å². The van der Waals surface area contributed by atoms with E-state index in [1.165, 1.54) is 6.20 Å². The Bertz CT molecular complexity index is 1180. The second-order valence-corrected chi connectivity index (χ2v) is 9.34. The summed E-state index contributed by atoms with van der Waals surface area (Å²) in [5.41, 5.74) is 3.25. The van der Waals surface area contributed by atoms with Crippen molar-refractivity contribution in [3.63, 3.8) is 0 Å². The number of aromatic amines is 2. The summed E-state index contributed by atoms with van der Waals surface area (Å²) in [6, 6.07) is 5.49. The standard InChI is InChI=1S/C27H36N4O5/c1-4-27(35-12-13-36-27)11-7-5-6-8-24(26-28-16-19(17-32)30-26)31-25(33)15-21-18(2)29-23-10-9-20(34-3)14-22(21)23/h9-10,14,16-17,24,29H,4-8,11-13,15H2,1-3H3,(H,28,30)(H,31,33). The van der Waals surface area contributed by atoms with Crippen molar-refractivity contribution in [1.29, 1.82) is 0 Å². The number of aromatic nitrogens is 3. The normalized spacial score (nSPS) is 15.8. The number of hydrogen-bond acceptors (Lipinski definition) is 6. The molecule has 3 aromatic rings. The first-order chi connectivity index (χ1) is 17.5. The number of hydrogen-bond donors (Lipinski definition) is 3. The molecule has 0 saturated carbocycles. The van der Waals surface area contributed by atoms with Gasteiger partial charge in [-0.1, -0.05) is 19.8 Å². The number of methoxy groups -OCH3 is 1. The van der Waals surface area contributed by atoms with E-state index in [2.05, 4.69) is 27.2 Å². The molecule has 0 aliphatic carbocycles. The molecule has 1 saturated heterocycles. The quantitative estimate of drug-likeness (QED) is 0.236. The highest BCUT2D eigenvalue weighted by atomic mass is 16.7. The van der Waals surface area contributed by atoms with E-state index in [-0.39, 0.29) is 18.4 Å². The Morgan fingerprint density at radius 3 is 2.75 bits per heavy atom. The minimum Gasteiger partial charge on any atom is -0.497 e. The highest BCUT2D eigenvalue weighted by Gasteiger charge is 2.33. The molecular weight excluding hydrogens is 460 g/mol. The number of unbranched alkanes of at least 4 members (excludes halogenated alkanes) is 2. The first kappa shape index (κ1) is 25.9. The summed E-state index contributed by atoms with van der Waals surface area (Å²) in [4.78, 5) is 35.1. The highest BCUT2D eigenvalue weighted by molar-refractivity contribution is 5.91. The Balaban J connectivity index is 1.39. The molecule has 0 spiro atoms. The lowest BCUT2D eigenvalue weighted by Crippen LogP contribution is -2.31. The lowest BCUT2D eigenvalue weighted by molar-refractivity contribution is -0.164. The Kier molecular flexibility index (Phi) is 8.43. The summed E-state index contributed by atoms with van der Waals surface area (Å²) in [5.74, 6) is 0.799. The predicted molar refractivity (Wildman–Crippen MR) is 136 cm³/mol. The van der Waals surface area contributed by atoms with Crippen LogP contribution < -0.4 is 10.1 Å². The van der Waals surface area contributed by atoms with E-state index < -0.39 is 5.79 Å². The van der Waals surface area contributed by atoms with Gasteiger partial charge in [0.2, 0.25) is 5.91 Å². The number of fused-ring (bicyclic) bond motifs is 1. The monoisotopic (exact) mass is 496 g/mol. The molecule has 2 aromatic heterocycles. The van der Waals surface area contributed by atoms with Gasteiger partial charge in [0, 0.05) is 23.0 Å². The van der Waals surface area contributed by atoms with Gasteiger partial charge >= 0.3 is 0 Å². The molecule has 194 valence electrons. The van der Waals surface area contributed by atoms with E-state index in [0.29, 0.717) is 31.2 Å². The van der Waals surface area contributed by atoms with Gasteiger partial charge in [-0.15, -0.1) is 0 Å². The molecule has 0 bridgehead atoms. The van der Waals surface area contributed by atoms with Gasteiger partial charge in [0.25, 0.3) is 0 Å². The van der Waals surface area contributed by atoms with E-state index in [1.54, 1.807) is 7.11 Å². The zero-order valence-electron chi connectivity index (χ0n) is 21.3. The summed E-state index contributed by atoms with van der Waals surface area (Å²) >= 11 is 0. The summed E-state index contributed by atoms with van der Waals surface area (Å²) in [7, 11) is 1.63. The average molecular weight is 497 g/mol. The molecule has 9 heteroatoms. The second kappa shape index (κ2) is 11.7. The van der Waals surface area contributed by atoms with Crippen LogP contribution in [0.1, 0.15) is 79.1 Å². The number of nitrogens with one attached hydrogen (secondary N) is 3. The van der Waals surface area contributed by atoms with E-state index in [0.717, 1.165) is 66.3 Å². The molecule has 1 atom stereocenters. The van der Waals surface area contributed by atoms with Crippen molar-refractivity contribution >= 4 is 23.1 Å². The smallest absolute Gasteiger partial charge is 0.225 e. The third-order valence-corrected chi connectivity index (χ3v) is 6.97. The Hall–Kier alpha value is -3.17. The number of amides is 1. The van der Waals surface area contributed by atoms with Crippen LogP contribution >= 0.6 is 0 Å². The molecule has 1 aromatic carbocycles. The SMILES string of the molecule is CCC1(CCCCCC(NC(=O)Cc2c(C)[nH]c3ccc(OC)cc23)c2ncc(C=O)[nH]2)OCCO1. The Morgan fingerprint density at radius 2 is 2.06 bits per heavy atom. The Labute approximate surface area is 211 Å². The van der Waals surface area contributed by atoms with Crippen molar-refractivity contribution < 1.29 is 23.8 Å². The topological polar surface area (TPSA) is 118 Å². The second-order valence-electron chi connectivity index (χ2n) is 9.34. The van der Waals surface area contributed by atoms with Gasteiger partial charge in [-0.25, -0.2) is 4.98 Å². The predicted octanol–water partition coefficient (Wildman–Crippen LogP) is 4.52. The van der Waals surface area contributed by atoms with Gasteiger partial charge in [0.15, 0.2) is 12.1 Å². The fourth-order valence-electron chi connectivity index (χ4n) is 4.93. The molecule has 1 amide bonds. The molecule has 1 aliphatic heterocycles. The van der Waals surface area contributed by atoms with Crippen LogP contribution in [0.5, 0.6) is 5.75 Å². The zero-order chi connectivity index (χ0) is 25.5. The van der Waals surface area contributed by atoms with Gasteiger partial charge < -0.3 is 29.5 Å². The number of H-pyrrole nitrogens is 2. The first-order valence-corrected chi connectivity index (χ1v) is 12.7. The molecule has 3 heterocycles. The van der Waals surface area contributed by atoms with Crippen LogP contribution in [0.4, 0.5) is 0 Å². The third kappa shape index (κ3) is 5.96. The van der Waals surface area contributed by atoms with Gasteiger partial charge in [-0.05, 0) is 49.9 Å². The molecule has 0 radical (unpaired) electrons. The summed E-state index contributed by atoms with van der Waals surface area (Å²) in [5, 5.41) is 4.11. The van der Waals surface area contributed by atoms with Crippen LogP contribution in [0.2, 0.25) is 0 Å². The maximum Gasteiger partial charge on any atom is 0.225 e. The van der Waals surface area contributed by atoms with Gasteiger partial charge in [-0.2, -0.15) is 0 Å². The highest BCUT2D eigenvalue weighted by Crippen LogP contribution is 2.30. The molecular formula is C27H36N4O5. The fraction of sp³-hybridized carbons (Fsp3) is 0.519. The van der Waals surface area contributed by atoms with E-state index in [1.807, 2.05) is 25.1 Å². The minimum absolute atomic E-state index is 0.103. The molecule has 36 heavy (non-hydrogen) atoms. The number of carbonyl (C=O) groups excluding carboxylic acids is 2. The lowest BCUT2D eigenvalue weighted by atomic mass is 10.0. The molecule has 4 rings (SSSR count). The number of rotatable bonds is 13. The van der Waals surface area contributed by atoms with E-state index in [4.69, 9.17) is 14.2 Å². The van der Waals surface area contributed by atoms with Crippen molar-refractivity contribution in [2.45, 2.75) is 70.6 Å². The van der Waals surface area contributed by atoms with E-state index >= 15 is 0 Å². The Morgan fingerprint density at radius 1 is 1.25 bits per heavy atom. The van der Waals surface area contributed by atoms with Crippen molar-refractivity contribution in [3.05, 3.63) is 47.2 Å². The number of nitrogens with zero attached hydrogens (tertiary/aromatic N) is 1. The average Bonchev–Trinajstić information content (AvgIpc) is 3.63. The largest absolute Gasteiger partial charge is 0.497 e. The maximum atomic E-state index is 13.2. The number of carbonyl (C=O) groups is 2. The maximum absolute atomic E-state index is 13.2. The number of aldehydes is 1. The molecule has 1 fully saturated rings. The number of ether oxygens (including phenoxy) is 3.